The van der Waals surface area contributed by atoms with Crippen LogP contribution in [0.1, 0.15) is 81.1 Å². The number of H-pyrrole nitrogens is 1. The third-order valence-electron chi connectivity index (χ3n) is 4.93. The van der Waals surface area contributed by atoms with Gasteiger partial charge in [-0.2, -0.15) is 0 Å². The highest BCUT2D eigenvalue weighted by Crippen LogP contribution is 2.20. The largest absolute Gasteiger partial charge is 0.462 e. The van der Waals surface area contributed by atoms with Crippen molar-refractivity contribution in [3.63, 3.8) is 0 Å². The van der Waals surface area contributed by atoms with Crippen LogP contribution in [-0.4, -0.2) is 41.7 Å². The van der Waals surface area contributed by atoms with E-state index >= 15 is 0 Å². The van der Waals surface area contributed by atoms with Crippen molar-refractivity contribution < 1.29 is 28.7 Å². The van der Waals surface area contributed by atoms with Gasteiger partial charge < -0.3 is 14.5 Å². The lowest BCUT2D eigenvalue weighted by Gasteiger charge is -2.05. The highest BCUT2D eigenvalue weighted by Gasteiger charge is 2.23. The summed E-state index contributed by atoms with van der Waals surface area (Å²) in [5, 5.41) is 0. The molecule has 1 aromatic carbocycles. The second-order valence-electron chi connectivity index (χ2n) is 7.30. The molecule has 1 aromatic heterocycles. The fourth-order valence-electron chi connectivity index (χ4n) is 3.33. The molecule has 166 valence electrons. The Morgan fingerprint density at radius 3 is 2.19 bits per heavy atom. The quantitative estimate of drug-likeness (QED) is 0.427. The van der Waals surface area contributed by atoms with Crippen LogP contribution >= 0.6 is 0 Å². The van der Waals surface area contributed by atoms with Gasteiger partial charge in [-0.15, -0.1) is 0 Å². The van der Waals surface area contributed by atoms with E-state index in [1.165, 1.54) is 0 Å². The van der Waals surface area contributed by atoms with Crippen molar-refractivity contribution >= 4 is 23.5 Å². The number of carbonyl (C=O) groups excluding carboxylic acids is 4. The summed E-state index contributed by atoms with van der Waals surface area (Å²) in [7, 11) is 0. The molecule has 0 saturated carbocycles. The number of carbonyl (C=O) groups is 4. The van der Waals surface area contributed by atoms with E-state index in [1.54, 1.807) is 32.9 Å². The van der Waals surface area contributed by atoms with Crippen LogP contribution in [0.3, 0.4) is 0 Å². The summed E-state index contributed by atoms with van der Waals surface area (Å²) >= 11 is 0. The van der Waals surface area contributed by atoms with Crippen LogP contribution in [0.25, 0.3) is 0 Å². The van der Waals surface area contributed by atoms with Gasteiger partial charge in [-0.1, -0.05) is 37.6 Å². The molecular weight excluding hydrogens is 398 g/mol. The molecule has 0 fully saturated rings. The first kappa shape index (κ1) is 24.1. The monoisotopic (exact) mass is 427 g/mol. The van der Waals surface area contributed by atoms with Gasteiger partial charge in [0, 0.05) is 17.7 Å². The number of ether oxygens (including phenoxy) is 2. The summed E-state index contributed by atoms with van der Waals surface area (Å²) in [5.74, 6) is -1.74. The molecule has 0 unspecified atom stereocenters. The van der Waals surface area contributed by atoms with Crippen LogP contribution in [-0.2, 0) is 20.7 Å². The zero-order valence-electron chi connectivity index (χ0n) is 18.5. The molecular formula is C24H29NO6. The Hall–Kier alpha value is -3.22. The van der Waals surface area contributed by atoms with Gasteiger partial charge in [0.2, 0.25) is 5.78 Å². The molecule has 0 aliphatic heterocycles. The predicted octanol–water partition coefficient (Wildman–Crippen LogP) is 4.15. The van der Waals surface area contributed by atoms with Gasteiger partial charge in [0.15, 0.2) is 12.4 Å². The Morgan fingerprint density at radius 2 is 1.58 bits per heavy atom. The molecule has 0 atom stereocenters. The van der Waals surface area contributed by atoms with Gasteiger partial charge in [-0.05, 0) is 38.3 Å². The highest BCUT2D eigenvalue weighted by molar-refractivity contribution is 6.02. The first-order valence-corrected chi connectivity index (χ1v) is 10.5. The number of esters is 2. The van der Waals surface area contributed by atoms with E-state index in [0.29, 0.717) is 22.4 Å². The summed E-state index contributed by atoms with van der Waals surface area (Å²) in [4.78, 5) is 51.6. The van der Waals surface area contributed by atoms with Crippen molar-refractivity contribution in [1.82, 2.24) is 4.98 Å². The Balaban J connectivity index is 1.87. The van der Waals surface area contributed by atoms with E-state index in [9.17, 15) is 19.2 Å². The number of rotatable bonds is 11. The van der Waals surface area contributed by atoms with Crippen LogP contribution in [0.5, 0.6) is 0 Å². The molecule has 0 saturated heterocycles. The average molecular weight is 427 g/mol. The highest BCUT2D eigenvalue weighted by atomic mass is 16.5. The van der Waals surface area contributed by atoms with Crippen LogP contribution in [0.4, 0.5) is 0 Å². The van der Waals surface area contributed by atoms with Gasteiger partial charge in [-0.25, -0.2) is 4.79 Å². The summed E-state index contributed by atoms with van der Waals surface area (Å²) in [6.45, 7) is 6.85. The molecule has 0 bridgehead atoms. The third-order valence-corrected chi connectivity index (χ3v) is 4.93. The number of hydrogen-bond acceptors (Lipinski definition) is 6. The molecule has 1 N–H and O–H groups in total. The molecule has 2 aromatic rings. The van der Waals surface area contributed by atoms with Gasteiger partial charge in [0.25, 0.3) is 0 Å². The van der Waals surface area contributed by atoms with Gasteiger partial charge in [0.1, 0.15) is 0 Å². The fourth-order valence-corrected chi connectivity index (χ4v) is 3.33. The van der Waals surface area contributed by atoms with Crippen LogP contribution in [0, 0.1) is 13.8 Å². The van der Waals surface area contributed by atoms with E-state index < -0.39 is 24.3 Å². The standard InChI is InChI=1S/C24H29NO6/c1-5-7-17-8-10-18(11-9-17)19(26)12-13-21(28)31-14-20(27)23-15(3)22(16(4)25-23)24(29)30-6-2/h8-11,25H,5-7,12-14H2,1-4H3. The summed E-state index contributed by atoms with van der Waals surface area (Å²) < 4.78 is 10.0. The van der Waals surface area contributed by atoms with Gasteiger partial charge >= 0.3 is 11.9 Å². The molecule has 2 rings (SSSR count). The fraction of sp³-hybridized carbons (Fsp3) is 0.417. The lowest BCUT2D eigenvalue weighted by atomic mass is 10.0. The van der Waals surface area contributed by atoms with Gasteiger partial charge in [0.05, 0.1) is 24.3 Å². The Morgan fingerprint density at radius 1 is 0.903 bits per heavy atom. The molecule has 0 amide bonds. The molecule has 31 heavy (non-hydrogen) atoms. The number of ketones is 2. The van der Waals surface area contributed by atoms with E-state index in [4.69, 9.17) is 9.47 Å². The van der Waals surface area contributed by atoms with Crippen molar-refractivity contribution in [3.05, 3.63) is 57.9 Å². The van der Waals surface area contributed by atoms with E-state index in [1.807, 2.05) is 12.1 Å². The summed E-state index contributed by atoms with van der Waals surface area (Å²) in [6.07, 6.45) is 1.88. The second kappa shape index (κ2) is 11.2. The number of hydrogen-bond donors (Lipinski definition) is 1. The van der Waals surface area contributed by atoms with Crippen LogP contribution < -0.4 is 0 Å². The van der Waals surface area contributed by atoms with Crippen molar-refractivity contribution in [1.29, 1.82) is 0 Å². The number of aromatic nitrogens is 1. The number of aryl methyl sites for hydroxylation is 2. The minimum Gasteiger partial charge on any atom is -0.462 e. The maximum atomic E-state index is 12.4. The zero-order valence-corrected chi connectivity index (χ0v) is 18.5. The molecule has 1 heterocycles. The molecule has 0 aliphatic carbocycles. The van der Waals surface area contributed by atoms with Crippen molar-refractivity contribution in [3.8, 4) is 0 Å². The number of nitrogens with one attached hydrogen (secondary N) is 1. The predicted molar refractivity (Wildman–Crippen MR) is 116 cm³/mol. The molecule has 7 nitrogen and oxygen atoms in total. The SMILES string of the molecule is CCCc1ccc(C(=O)CCC(=O)OCC(=O)c2[nH]c(C)c(C(=O)OCC)c2C)cc1. The van der Waals surface area contributed by atoms with Crippen LogP contribution in [0.15, 0.2) is 24.3 Å². The van der Waals surface area contributed by atoms with E-state index in [2.05, 4.69) is 11.9 Å². The average Bonchev–Trinajstić information content (AvgIpc) is 3.05. The van der Waals surface area contributed by atoms with Crippen molar-refractivity contribution in [2.24, 2.45) is 0 Å². The Bertz CT molecular complexity index is 955. The normalized spacial score (nSPS) is 10.6. The molecule has 0 aliphatic rings. The summed E-state index contributed by atoms with van der Waals surface area (Å²) in [6, 6.07) is 7.36. The molecule has 7 heteroatoms. The number of aromatic amines is 1. The maximum Gasteiger partial charge on any atom is 0.340 e. The topological polar surface area (TPSA) is 103 Å². The minimum atomic E-state index is -0.629. The summed E-state index contributed by atoms with van der Waals surface area (Å²) in [5.41, 5.74) is 3.20. The minimum absolute atomic E-state index is 0.00773. The maximum absolute atomic E-state index is 12.4. The van der Waals surface area contributed by atoms with E-state index in [0.717, 1.165) is 18.4 Å². The Labute approximate surface area is 182 Å². The van der Waals surface area contributed by atoms with E-state index in [-0.39, 0.29) is 30.9 Å². The third kappa shape index (κ3) is 6.38. The molecule has 0 radical (unpaired) electrons. The first-order chi connectivity index (χ1) is 14.8. The van der Waals surface area contributed by atoms with Gasteiger partial charge in [-0.3, -0.25) is 14.4 Å². The smallest absolute Gasteiger partial charge is 0.340 e. The lowest BCUT2D eigenvalue weighted by Crippen LogP contribution is -2.16. The van der Waals surface area contributed by atoms with Crippen molar-refractivity contribution in [2.45, 2.75) is 53.4 Å². The van der Waals surface area contributed by atoms with Crippen LogP contribution in [0.2, 0.25) is 0 Å². The second-order valence-corrected chi connectivity index (χ2v) is 7.30. The lowest BCUT2D eigenvalue weighted by molar-refractivity contribution is -0.142. The first-order valence-electron chi connectivity index (χ1n) is 10.5. The molecule has 0 spiro atoms. The zero-order chi connectivity index (χ0) is 23.0. The number of benzene rings is 1. The Kier molecular flexibility index (Phi) is 8.73. The number of Topliss-reactive ketones (excluding diaryl/α,β-unsaturated/α-hetero) is 2. The van der Waals surface area contributed by atoms with Crippen molar-refractivity contribution in [2.75, 3.05) is 13.2 Å².